The van der Waals surface area contributed by atoms with Crippen molar-refractivity contribution in [1.29, 1.82) is 0 Å². The van der Waals surface area contributed by atoms with Gasteiger partial charge in [-0.15, -0.1) is 0 Å². The first-order chi connectivity index (χ1) is 12.2. The predicted octanol–water partition coefficient (Wildman–Crippen LogP) is 2.98. The minimum absolute atomic E-state index is 0.00513. The molecule has 1 amide bonds. The van der Waals surface area contributed by atoms with Crippen LogP contribution < -0.4 is 11.0 Å². The molecule has 7 heteroatoms. The van der Waals surface area contributed by atoms with E-state index in [-0.39, 0.29) is 17.1 Å². The van der Waals surface area contributed by atoms with Crippen LogP contribution in [0.25, 0.3) is 16.7 Å². The van der Waals surface area contributed by atoms with Crippen molar-refractivity contribution in [3.05, 3.63) is 34.4 Å². The van der Waals surface area contributed by atoms with Gasteiger partial charge in [0.05, 0.1) is 11.2 Å². The number of nitrogens with one attached hydrogen (secondary N) is 1. The zero-order chi connectivity index (χ0) is 19.1. The van der Waals surface area contributed by atoms with Gasteiger partial charge in [-0.2, -0.15) is 0 Å². The highest BCUT2D eigenvalue weighted by molar-refractivity contribution is 5.76. The van der Waals surface area contributed by atoms with Crippen LogP contribution in [0.2, 0.25) is 0 Å². The normalized spacial score (nSPS) is 18.0. The minimum atomic E-state index is -0.985. The van der Waals surface area contributed by atoms with Crippen molar-refractivity contribution < 1.29 is 9.90 Å². The Kier molecular flexibility index (Phi) is 4.64. The number of nitrogens with zero attached hydrogens (tertiary/aromatic N) is 3. The number of fused-ring (bicyclic) bond motifs is 1. The molecule has 2 aromatic heterocycles. The van der Waals surface area contributed by atoms with Gasteiger partial charge in [0, 0.05) is 19.6 Å². The Morgan fingerprint density at radius 1 is 1.38 bits per heavy atom. The predicted molar refractivity (Wildman–Crippen MR) is 101 cm³/mol. The summed E-state index contributed by atoms with van der Waals surface area (Å²) < 4.78 is 3.39. The number of hydrogen-bond donors (Lipinski definition) is 2. The number of carbonyl (C=O) groups is 1. The zero-order valence-corrected chi connectivity index (χ0v) is 15.7. The van der Waals surface area contributed by atoms with Gasteiger partial charge in [0.15, 0.2) is 5.65 Å². The van der Waals surface area contributed by atoms with Crippen molar-refractivity contribution in [2.75, 3.05) is 0 Å². The number of pyridine rings is 1. The van der Waals surface area contributed by atoms with E-state index in [2.05, 4.69) is 26.1 Å². The highest BCUT2D eigenvalue weighted by Crippen LogP contribution is 2.27. The summed E-state index contributed by atoms with van der Waals surface area (Å²) in [7, 11) is 1.75. The summed E-state index contributed by atoms with van der Waals surface area (Å²) in [6.45, 7) is 6.95. The van der Waals surface area contributed by atoms with E-state index in [1.807, 2.05) is 18.2 Å². The number of amides is 1. The van der Waals surface area contributed by atoms with Crippen LogP contribution in [0.1, 0.15) is 45.7 Å². The molecule has 1 unspecified atom stereocenters. The number of aromatic nitrogens is 3. The quantitative estimate of drug-likeness (QED) is 0.883. The number of aryl methyl sites for hydroxylation is 1. The van der Waals surface area contributed by atoms with Crippen LogP contribution in [0.3, 0.4) is 0 Å². The molecule has 0 fully saturated rings. The van der Waals surface area contributed by atoms with E-state index in [4.69, 9.17) is 10.1 Å². The van der Waals surface area contributed by atoms with Gasteiger partial charge in [0.2, 0.25) is 0 Å². The molecule has 0 aliphatic heterocycles. The van der Waals surface area contributed by atoms with Crippen molar-refractivity contribution in [3.63, 3.8) is 0 Å². The van der Waals surface area contributed by atoms with Crippen molar-refractivity contribution in [2.24, 2.45) is 12.5 Å². The van der Waals surface area contributed by atoms with Gasteiger partial charge in [0.25, 0.3) is 0 Å². The fourth-order valence-corrected chi connectivity index (χ4v) is 3.45. The van der Waals surface area contributed by atoms with E-state index in [0.29, 0.717) is 18.6 Å². The molecule has 0 aromatic carbocycles. The van der Waals surface area contributed by atoms with E-state index in [0.717, 1.165) is 29.6 Å². The minimum Gasteiger partial charge on any atom is -0.465 e. The molecule has 3 rings (SSSR count). The molecular formula is C19H26N4O3. The van der Waals surface area contributed by atoms with E-state index in [9.17, 15) is 9.59 Å². The van der Waals surface area contributed by atoms with Crippen molar-refractivity contribution in [2.45, 2.75) is 52.6 Å². The molecule has 1 aliphatic carbocycles. The fourth-order valence-electron chi connectivity index (χ4n) is 3.45. The van der Waals surface area contributed by atoms with Crippen LogP contribution in [-0.2, 0) is 13.6 Å². The van der Waals surface area contributed by atoms with Gasteiger partial charge in [-0.3, -0.25) is 9.13 Å². The molecule has 140 valence electrons. The molecule has 0 bridgehead atoms. The lowest BCUT2D eigenvalue weighted by Crippen LogP contribution is -2.34. The lowest BCUT2D eigenvalue weighted by atomic mass is 9.93. The second-order valence-corrected chi connectivity index (χ2v) is 8.18. The van der Waals surface area contributed by atoms with E-state index in [1.54, 1.807) is 16.2 Å². The summed E-state index contributed by atoms with van der Waals surface area (Å²) in [5.41, 5.74) is 3.43. The van der Waals surface area contributed by atoms with Crippen molar-refractivity contribution in [3.8, 4) is 0 Å². The van der Waals surface area contributed by atoms with Gasteiger partial charge in [-0.05, 0) is 42.4 Å². The number of carboxylic acid groups (broad SMARTS) is 1. The average molecular weight is 358 g/mol. The van der Waals surface area contributed by atoms with E-state index in [1.165, 1.54) is 0 Å². The molecule has 2 aromatic rings. The molecular weight excluding hydrogens is 332 g/mol. The summed E-state index contributed by atoms with van der Waals surface area (Å²) in [6.07, 6.45) is 3.23. The molecule has 0 spiro atoms. The van der Waals surface area contributed by atoms with Gasteiger partial charge in [0.1, 0.15) is 0 Å². The Morgan fingerprint density at radius 3 is 2.69 bits per heavy atom. The lowest BCUT2D eigenvalue weighted by Gasteiger charge is -2.21. The summed E-state index contributed by atoms with van der Waals surface area (Å²) in [5, 5.41) is 11.4. The molecule has 0 saturated carbocycles. The van der Waals surface area contributed by atoms with Crippen LogP contribution in [0.4, 0.5) is 4.79 Å². The number of rotatable bonds is 3. The maximum Gasteiger partial charge on any atom is 0.404 e. The number of allylic oxidation sites excluding steroid dienone is 1. The largest absolute Gasteiger partial charge is 0.465 e. The monoisotopic (exact) mass is 358 g/mol. The van der Waals surface area contributed by atoms with Gasteiger partial charge < -0.3 is 10.4 Å². The molecule has 26 heavy (non-hydrogen) atoms. The van der Waals surface area contributed by atoms with Crippen molar-refractivity contribution >= 4 is 22.8 Å². The second-order valence-electron chi connectivity index (χ2n) is 8.18. The first-order valence-electron chi connectivity index (χ1n) is 8.91. The van der Waals surface area contributed by atoms with Crippen LogP contribution in [-0.4, -0.2) is 31.4 Å². The third-order valence-corrected chi connectivity index (χ3v) is 4.68. The standard InChI is InChI=1S/C19H26N4O3/c1-19(2,3)11-23-15-10-9-14(21-16(15)22(4)18(23)26)12-5-7-13(8-6-12)20-17(24)25/h5,9-10,13,20H,6-8,11H2,1-4H3,(H,24,25). The maximum absolute atomic E-state index is 12.6. The Balaban J connectivity index is 1.93. The van der Waals surface area contributed by atoms with Crippen molar-refractivity contribution in [1.82, 2.24) is 19.4 Å². The molecule has 1 aliphatic rings. The Morgan fingerprint density at radius 2 is 2.12 bits per heavy atom. The average Bonchev–Trinajstić information content (AvgIpc) is 2.78. The zero-order valence-electron chi connectivity index (χ0n) is 15.7. The Bertz CT molecular complexity index is 931. The molecule has 2 heterocycles. The molecule has 2 N–H and O–H groups in total. The first kappa shape index (κ1) is 18.2. The van der Waals surface area contributed by atoms with Crippen LogP contribution in [0, 0.1) is 5.41 Å². The lowest BCUT2D eigenvalue weighted by molar-refractivity contribution is 0.189. The van der Waals surface area contributed by atoms with Crippen LogP contribution >= 0.6 is 0 Å². The Hall–Kier alpha value is -2.57. The summed E-state index contributed by atoms with van der Waals surface area (Å²) >= 11 is 0. The SMILES string of the molecule is Cn1c(=O)n(CC(C)(C)C)c2ccc(C3=CCC(NC(=O)O)CC3)nc21. The Labute approximate surface area is 152 Å². The fraction of sp³-hybridized carbons (Fsp3) is 0.526. The summed E-state index contributed by atoms with van der Waals surface area (Å²) in [6, 6.07) is 3.88. The van der Waals surface area contributed by atoms with Gasteiger partial charge >= 0.3 is 11.8 Å². The molecule has 7 nitrogen and oxygen atoms in total. The third kappa shape index (κ3) is 3.66. The number of hydrogen-bond acceptors (Lipinski definition) is 3. The summed E-state index contributed by atoms with van der Waals surface area (Å²) in [4.78, 5) is 28.1. The molecule has 1 atom stereocenters. The smallest absolute Gasteiger partial charge is 0.404 e. The summed E-state index contributed by atoms with van der Waals surface area (Å²) in [5.74, 6) is 0. The van der Waals surface area contributed by atoms with E-state index < -0.39 is 6.09 Å². The molecule has 0 radical (unpaired) electrons. The maximum atomic E-state index is 12.6. The van der Waals surface area contributed by atoms with E-state index >= 15 is 0 Å². The third-order valence-electron chi connectivity index (χ3n) is 4.68. The number of imidazole rings is 1. The molecule has 0 saturated heterocycles. The topological polar surface area (TPSA) is 89.2 Å². The first-order valence-corrected chi connectivity index (χ1v) is 8.91. The van der Waals surface area contributed by atoms with Crippen LogP contribution in [0.15, 0.2) is 23.0 Å². The van der Waals surface area contributed by atoms with Gasteiger partial charge in [-0.25, -0.2) is 14.6 Å². The highest BCUT2D eigenvalue weighted by Gasteiger charge is 2.21. The second kappa shape index (κ2) is 6.63. The van der Waals surface area contributed by atoms with Crippen LogP contribution in [0.5, 0.6) is 0 Å². The van der Waals surface area contributed by atoms with Gasteiger partial charge in [-0.1, -0.05) is 26.8 Å². The highest BCUT2D eigenvalue weighted by atomic mass is 16.4.